The highest BCUT2D eigenvalue weighted by atomic mass is 32.2. The molecule has 0 aliphatic heterocycles. The van der Waals surface area contributed by atoms with Crippen LogP contribution in [0.1, 0.15) is 23.0 Å². The molecule has 2 heterocycles. The molecule has 11 heteroatoms. The second-order valence-electron chi connectivity index (χ2n) is 9.00. The third-order valence-electron chi connectivity index (χ3n) is 6.65. The number of thioether (sulfide) groups is 1. The topological polar surface area (TPSA) is 122 Å². The average molecular weight is 588 g/mol. The first-order valence-electron chi connectivity index (χ1n) is 13.0. The molecule has 42 heavy (non-hydrogen) atoms. The summed E-state index contributed by atoms with van der Waals surface area (Å²) in [5.74, 6) is 1.66. The number of esters is 1. The zero-order valence-electron chi connectivity index (χ0n) is 23.8. The number of aromatic nitrogens is 3. The van der Waals surface area contributed by atoms with E-state index in [0.29, 0.717) is 66.8 Å². The number of aromatic amines is 1. The van der Waals surface area contributed by atoms with Gasteiger partial charge in [-0.2, -0.15) is 0 Å². The van der Waals surface area contributed by atoms with Gasteiger partial charge in [-0.15, -0.1) is 0 Å². The summed E-state index contributed by atoms with van der Waals surface area (Å²) in [4.78, 5) is 38.6. The number of hydrogen-bond donors (Lipinski definition) is 1. The Balaban J connectivity index is 1.76. The number of pyridine rings is 1. The zero-order chi connectivity index (χ0) is 29.8. The van der Waals surface area contributed by atoms with E-state index in [1.165, 1.54) is 11.8 Å². The Labute approximate surface area is 246 Å². The average Bonchev–Trinajstić information content (AvgIpc) is 3.02. The van der Waals surface area contributed by atoms with E-state index in [-0.39, 0.29) is 23.5 Å². The van der Waals surface area contributed by atoms with Crippen LogP contribution >= 0.6 is 11.8 Å². The molecule has 2 aromatic heterocycles. The number of hydrogen-bond acceptors (Lipinski definition) is 10. The van der Waals surface area contributed by atoms with Gasteiger partial charge in [-0.25, -0.2) is 9.78 Å². The van der Waals surface area contributed by atoms with Crippen LogP contribution in [0.5, 0.6) is 23.0 Å². The zero-order valence-corrected chi connectivity index (χ0v) is 24.6. The van der Waals surface area contributed by atoms with Gasteiger partial charge in [-0.05, 0) is 42.8 Å². The van der Waals surface area contributed by atoms with Gasteiger partial charge >= 0.3 is 5.97 Å². The highest BCUT2D eigenvalue weighted by Crippen LogP contribution is 2.42. The Morgan fingerprint density at radius 1 is 0.810 bits per heavy atom. The molecule has 10 nitrogen and oxygen atoms in total. The number of nitrogens with one attached hydrogen (secondary N) is 1. The van der Waals surface area contributed by atoms with E-state index in [1.54, 1.807) is 77.8 Å². The maximum atomic E-state index is 13.6. The molecule has 5 rings (SSSR count). The molecule has 0 saturated carbocycles. The van der Waals surface area contributed by atoms with Gasteiger partial charge in [0.25, 0.3) is 5.56 Å². The fourth-order valence-electron chi connectivity index (χ4n) is 4.73. The molecule has 0 aliphatic rings. The standard InChI is InChI=1S/C31H29N3O7S/c1-6-41-30(36)28-22(16-42-31-33-20-10-8-7-9-18(20)29(35)34-31)32-21-15-26(40-5)25(39-4)14-19(21)27(28)17-11-12-23(37-2)24(13-17)38-3/h7-15H,6,16H2,1-5H3,(H,33,34,35). The van der Waals surface area contributed by atoms with Gasteiger partial charge in [0.05, 0.1) is 62.7 Å². The third kappa shape index (κ3) is 5.42. The lowest BCUT2D eigenvalue weighted by molar-refractivity contribution is 0.0526. The Hall–Kier alpha value is -4.77. The molecular weight excluding hydrogens is 558 g/mol. The van der Waals surface area contributed by atoms with Crippen molar-refractivity contribution in [2.75, 3.05) is 35.0 Å². The summed E-state index contributed by atoms with van der Waals surface area (Å²) in [6, 6.07) is 16.1. The smallest absolute Gasteiger partial charge is 0.340 e. The van der Waals surface area contributed by atoms with Gasteiger partial charge in [0.1, 0.15) is 0 Å². The molecule has 0 unspecified atom stereocenters. The molecule has 0 amide bonds. The van der Waals surface area contributed by atoms with Crippen molar-refractivity contribution in [3.05, 3.63) is 76.2 Å². The number of methoxy groups -OCH3 is 4. The van der Waals surface area contributed by atoms with Crippen LogP contribution in [0.4, 0.5) is 0 Å². The van der Waals surface area contributed by atoms with Crippen molar-refractivity contribution < 1.29 is 28.5 Å². The quantitative estimate of drug-likeness (QED) is 0.125. The van der Waals surface area contributed by atoms with Gasteiger partial charge < -0.3 is 28.7 Å². The van der Waals surface area contributed by atoms with Crippen molar-refractivity contribution in [1.82, 2.24) is 15.0 Å². The van der Waals surface area contributed by atoms with Crippen LogP contribution in [0.15, 0.2) is 64.5 Å². The minimum Gasteiger partial charge on any atom is -0.493 e. The molecule has 0 atom stereocenters. The first kappa shape index (κ1) is 28.7. The van der Waals surface area contributed by atoms with Gasteiger partial charge in [-0.3, -0.25) is 9.78 Å². The number of benzene rings is 3. The van der Waals surface area contributed by atoms with Crippen LogP contribution in [-0.2, 0) is 10.5 Å². The van der Waals surface area contributed by atoms with Gasteiger partial charge in [0, 0.05) is 22.8 Å². The SMILES string of the molecule is CCOC(=O)c1c(CSc2nc3ccccc3c(=O)[nH]2)nc2cc(OC)c(OC)cc2c1-c1ccc(OC)c(OC)c1. The highest BCUT2D eigenvalue weighted by Gasteiger charge is 2.26. The molecule has 1 N–H and O–H groups in total. The molecule has 5 aromatic rings. The lowest BCUT2D eigenvalue weighted by atomic mass is 9.93. The van der Waals surface area contributed by atoms with Crippen LogP contribution in [0.2, 0.25) is 0 Å². The first-order valence-corrected chi connectivity index (χ1v) is 14.0. The fourth-order valence-corrected chi connectivity index (χ4v) is 5.54. The summed E-state index contributed by atoms with van der Waals surface area (Å²) in [6.45, 7) is 1.91. The Bertz CT molecular complexity index is 1860. The molecule has 0 saturated heterocycles. The number of rotatable bonds is 10. The normalized spacial score (nSPS) is 11.0. The molecule has 0 radical (unpaired) electrons. The molecule has 3 aromatic carbocycles. The predicted molar refractivity (Wildman–Crippen MR) is 161 cm³/mol. The van der Waals surface area contributed by atoms with Crippen LogP contribution < -0.4 is 24.5 Å². The van der Waals surface area contributed by atoms with E-state index in [2.05, 4.69) is 9.97 Å². The monoisotopic (exact) mass is 587 g/mol. The van der Waals surface area contributed by atoms with Crippen molar-refractivity contribution in [3.63, 3.8) is 0 Å². The number of H-pyrrole nitrogens is 1. The maximum absolute atomic E-state index is 13.6. The number of carbonyl (C=O) groups is 1. The number of fused-ring (bicyclic) bond motifs is 2. The molecule has 0 aliphatic carbocycles. The van der Waals surface area contributed by atoms with Gasteiger partial charge in [-0.1, -0.05) is 30.0 Å². The van der Waals surface area contributed by atoms with Crippen molar-refractivity contribution in [3.8, 4) is 34.1 Å². The first-order chi connectivity index (χ1) is 20.4. The summed E-state index contributed by atoms with van der Waals surface area (Å²) in [6.07, 6.45) is 0. The van der Waals surface area contributed by atoms with E-state index in [9.17, 15) is 9.59 Å². The number of nitrogens with zero attached hydrogens (tertiary/aromatic N) is 2. The van der Waals surface area contributed by atoms with E-state index in [1.807, 2.05) is 12.1 Å². The minimum absolute atomic E-state index is 0.167. The largest absolute Gasteiger partial charge is 0.493 e. The van der Waals surface area contributed by atoms with E-state index < -0.39 is 5.97 Å². The summed E-state index contributed by atoms with van der Waals surface area (Å²) < 4.78 is 27.7. The second-order valence-corrected chi connectivity index (χ2v) is 9.96. The second kappa shape index (κ2) is 12.4. The minimum atomic E-state index is -0.540. The van der Waals surface area contributed by atoms with Gasteiger partial charge in [0.2, 0.25) is 0 Å². The summed E-state index contributed by atoms with van der Waals surface area (Å²) >= 11 is 1.26. The van der Waals surface area contributed by atoms with Crippen LogP contribution in [0, 0.1) is 0 Å². The van der Waals surface area contributed by atoms with Crippen LogP contribution in [0.25, 0.3) is 32.9 Å². The maximum Gasteiger partial charge on any atom is 0.340 e. The van der Waals surface area contributed by atoms with Crippen LogP contribution in [0.3, 0.4) is 0 Å². The highest BCUT2D eigenvalue weighted by molar-refractivity contribution is 7.98. The molecule has 216 valence electrons. The Morgan fingerprint density at radius 3 is 2.21 bits per heavy atom. The lowest BCUT2D eigenvalue weighted by Crippen LogP contribution is -2.13. The van der Waals surface area contributed by atoms with E-state index in [4.69, 9.17) is 28.7 Å². The Morgan fingerprint density at radius 2 is 1.50 bits per heavy atom. The summed E-state index contributed by atoms with van der Waals surface area (Å²) in [5, 5.41) is 1.54. The molecule has 0 bridgehead atoms. The lowest BCUT2D eigenvalue weighted by Gasteiger charge is -2.19. The molecule has 0 spiro atoms. The predicted octanol–water partition coefficient (Wildman–Crippen LogP) is 5.64. The summed E-state index contributed by atoms with van der Waals surface area (Å²) in [5.41, 5.74) is 2.88. The van der Waals surface area contributed by atoms with E-state index in [0.717, 1.165) is 0 Å². The molecular formula is C31H29N3O7S. The third-order valence-corrected chi connectivity index (χ3v) is 7.54. The number of carbonyl (C=O) groups excluding carboxylic acids is 1. The van der Waals surface area contributed by atoms with E-state index >= 15 is 0 Å². The van der Waals surface area contributed by atoms with Crippen molar-refractivity contribution >= 4 is 39.5 Å². The van der Waals surface area contributed by atoms with Crippen molar-refractivity contribution in [2.24, 2.45) is 0 Å². The fraction of sp³-hybridized carbons (Fsp3) is 0.226. The van der Waals surface area contributed by atoms with Crippen molar-refractivity contribution in [2.45, 2.75) is 17.8 Å². The van der Waals surface area contributed by atoms with Crippen molar-refractivity contribution in [1.29, 1.82) is 0 Å². The van der Waals surface area contributed by atoms with Gasteiger partial charge in [0.15, 0.2) is 28.2 Å². The number of ether oxygens (including phenoxy) is 5. The summed E-state index contributed by atoms with van der Waals surface area (Å²) in [7, 11) is 6.19. The van der Waals surface area contributed by atoms with Crippen LogP contribution in [-0.4, -0.2) is 56.0 Å². The molecule has 0 fully saturated rings. The number of para-hydroxylation sites is 1. The Kier molecular flexibility index (Phi) is 8.48.